The van der Waals surface area contributed by atoms with Crippen molar-refractivity contribution in [2.24, 2.45) is 7.05 Å². The molecule has 0 aliphatic heterocycles. The number of nitrogens with one attached hydrogen (secondary N) is 1. The van der Waals surface area contributed by atoms with E-state index in [0.29, 0.717) is 23.1 Å². The van der Waals surface area contributed by atoms with Crippen molar-refractivity contribution in [2.75, 3.05) is 5.32 Å². The molecule has 1 amide bonds. The number of amides is 1. The maximum atomic E-state index is 12.9. The lowest BCUT2D eigenvalue weighted by Gasteiger charge is -2.07. The fourth-order valence-electron chi connectivity index (χ4n) is 3.12. The van der Waals surface area contributed by atoms with Gasteiger partial charge in [0.1, 0.15) is 17.2 Å². The lowest BCUT2D eigenvalue weighted by Crippen LogP contribution is -2.23. The van der Waals surface area contributed by atoms with Gasteiger partial charge in [0.15, 0.2) is 0 Å². The summed E-state index contributed by atoms with van der Waals surface area (Å²) in [5, 5.41) is 2.76. The van der Waals surface area contributed by atoms with Gasteiger partial charge in [-0.25, -0.2) is 14.6 Å². The van der Waals surface area contributed by atoms with Crippen LogP contribution in [0.1, 0.15) is 46.5 Å². The number of aryl methyl sites for hydroxylation is 1. The van der Waals surface area contributed by atoms with Crippen molar-refractivity contribution in [1.29, 1.82) is 0 Å². The summed E-state index contributed by atoms with van der Waals surface area (Å²) >= 11 is 0. The van der Waals surface area contributed by atoms with Crippen LogP contribution in [0.4, 0.5) is 5.69 Å². The molecule has 1 saturated carbocycles. The zero-order valence-corrected chi connectivity index (χ0v) is 15.6. The Morgan fingerprint density at radius 2 is 1.85 bits per heavy atom. The van der Waals surface area contributed by atoms with Crippen molar-refractivity contribution in [3.8, 4) is 5.69 Å². The van der Waals surface area contributed by atoms with Crippen LogP contribution in [-0.4, -0.2) is 25.2 Å². The molecule has 138 valence electrons. The van der Waals surface area contributed by atoms with Gasteiger partial charge < -0.3 is 5.32 Å². The first-order valence-corrected chi connectivity index (χ1v) is 8.96. The first-order valence-electron chi connectivity index (χ1n) is 8.96. The molecule has 1 N–H and O–H groups in total. The van der Waals surface area contributed by atoms with Gasteiger partial charge in [0.25, 0.3) is 11.5 Å². The largest absolute Gasteiger partial charge is 0.314 e. The summed E-state index contributed by atoms with van der Waals surface area (Å²) < 4.78 is 3.26. The van der Waals surface area contributed by atoms with E-state index in [9.17, 15) is 9.59 Å². The molecule has 4 rings (SSSR count). The Morgan fingerprint density at radius 1 is 1.15 bits per heavy atom. The minimum absolute atomic E-state index is 0.260. The number of anilines is 1. The van der Waals surface area contributed by atoms with Crippen LogP contribution < -0.4 is 10.9 Å². The van der Waals surface area contributed by atoms with E-state index >= 15 is 0 Å². The van der Waals surface area contributed by atoms with Crippen molar-refractivity contribution in [2.45, 2.75) is 32.6 Å². The maximum Gasteiger partial charge on any atom is 0.295 e. The Bertz CT molecular complexity index is 1080. The topological polar surface area (TPSA) is 81.8 Å². The smallest absolute Gasteiger partial charge is 0.295 e. The molecular formula is C20H21N5O2. The van der Waals surface area contributed by atoms with Crippen LogP contribution >= 0.6 is 0 Å². The fourth-order valence-corrected chi connectivity index (χ4v) is 3.12. The Kier molecular flexibility index (Phi) is 4.14. The molecule has 1 fully saturated rings. The number of carbonyl (C=O) groups excluding carboxylic acids is 1. The molecule has 2 aromatic heterocycles. The number of hydrogen-bond acceptors (Lipinski definition) is 4. The van der Waals surface area contributed by atoms with Gasteiger partial charge in [-0.05, 0) is 44.9 Å². The van der Waals surface area contributed by atoms with E-state index in [2.05, 4.69) is 15.3 Å². The monoisotopic (exact) mass is 363 g/mol. The van der Waals surface area contributed by atoms with Crippen LogP contribution in [0.25, 0.3) is 5.69 Å². The number of carbonyl (C=O) groups is 1. The summed E-state index contributed by atoms with van der Waals surface area (Å²) in [6, 6.07) is 11.0. The summed E-state index contributed by atoms with van der Waals surface area (Å²) in [5.41, 5.74) is 2.44. The third-order valence-electron chi connectivity index (χ3n) is 4.84. The van der Waals surface area contributed by atoms with Crippen molar-refractivity contribution < 1.29 is 4.79 Å². The van der Waals surface area contributed by atoms with Gasteiger partial charge in [0, 0.05) is 18.7 Å². The second kappa shape index (κ2) is 6.50. The lowest BCUT2D eigenvalue weighted by atomic mass is 10.2. The third-order valence-corrected chi connectivity index (χ3v) is 4.84. The van der Waals surface area contributed by atoms with Crippen LogP contribution in [0.3, 0.4) is 0 Å². The SMILES string of the molecule is Cc1cc(C(=O)Nc2c(C)n(C)n(-c3ccccc3)c2=O)nc(C2CC2)n1. The van der Waals surface area contributed by atoms with E-state index in [1.807, 2.05) is 37.3 Å². The maximum absolute atomic E-state index is 12.9. The molecule has 2 heterocycles. The number of benzene rings is 1. The Hall–Kier alpha value is -3.22. The van der Waals surface area contributed by atoms with Crippen LogP contribution in [0.5, 0.6) is 0 Å². The molecule has 7 heteroatoms. The lowest BCUT2D eigenvalue weighted by molar-refractivity contribution is 0.102. The van der Waals surface area contributed by atoms with E-state index < -0.39 is 5.91 Å². The molecule has 1 aromatic carbocycles. The molecule has 0 bridgehead atoms. The second-order valence-electron chi connectivity index (χ2n) is 6.92. The zero-order chi connectivity index (χ0) is 19.1. The standard InChI is InChI=1S/C20H21N5O2/c1-12-11-16(22-18(21-12)14-9-10-14)19(26)23-17-13(2)24(3)25(20(17)27)15-7-5-4-6-8-15/h4-8,11,14H,9-10H2,1-3H3,(H,23,26). The van der Waals surface area contributed by atoms with Crippen LogP contribution in [-0.2, 0) is 7.05 Å². The van der Waals surface area contributed by atoms with Crippen molar-refractivity contribution in [3.05, 3.63) is 69.7 Å². The van der Waals surface area contributed by atoms with Crippen LogP contribution in [0.15, 0.2) is 41.2 Å². The number of nitrogens with zero attached hydrogens (tertiary/aromatic N) is 4. The molecule has 0 radical (unpaired) electrons. The second-order valence-corrected chi connectivity index (χ2v) is 6.92. The average molecular weight is 363 g/mol. The zero-order valence-electron chi connectivity index (χ0n) is 15.6. The summed E-state index contributed by atoms with van der Waals surface area (Å²) in [4.78, 5) is 34.5. The first-order chi connectivity index (χ1) is 13.0. The predicted octanol–water partition coefficient (Wildman–Crippen LogP) is 2.71. The Labute approximate surface area is 156 Å². The average Bonchev–Trinajstić information content (AvgIpc) is 3.48. The minimum atomic E-state index is -0.395. The van der Waals surface area contributed by atoms with Crippen molar-refractivity contribution in [3.63, 3.8) is 0 Å². The van der Waals surface area contributed by atoms with Gasteiger partial charge in [-0.1, -0.05) is 18.2 Å². The number of aromatic nitrogens is 4. The summed E-state index contributed by atoms with van der Waals surface area (Å²) in [6.45, 7) is 3.65. The molecule has 1 aliphatic carbocycles. The Balaban J connectivity index is 1.69. The predicted molar refractivity (Wildman–Crippen MR) is 102 cm³/mol. The highest BCUT2D eigenvalue weighted by Crippen LogP contribution is 2.38. The van der Waals surface area contributed by atoms with Crippen LogP contribution in [0.2, 0.25) is 0 Å². The molecule has 0 unspecified atom stereocenters. The normalized spacial score (nSPS) is 13.6. The van der Waals surface area contributed by atoms with Crippen molar-refractivity contribution in [1.82, 2.24) is 19.3 Å². The summed E-state index contributed by atoms with van der Waals surface area (Å²) in [5.74, 6) is 0.672. The van der Waals surface area contributed by atoms with E-state index in [-0.39, 0.29) is 11.2 Å². The van der Waals surface area contributed by atoms with E-state index in [1.165, 1.54) is 4.68 Å². The number of para-hydroxylation sites is 1. The van der Waals surface area contributed by atoms with Gasteiger partial charge in [0.2, 0.25) is 0 Å². The first kappa shape index (κ1) is 17.2. The van der Waals surface area contributed by atoms with Gasteiger partial charge in [-0.2, -0.15) is 0 Å². The van der Waals surface area contributed by atoms with Gasteiger partial charge in [0.05, 0.1) is 11.4 Å². The molecular weight excluding hydrogens is 342 g/mol. The molecule has 0 spiro atoms. The minimum Gasteiger partial charge on any atom is -0.314 e. The molecule has 27 heavy (non-hydrogen) atoms. The Morgan fingerprint density at radius 3 is 2.52 bits per heavy atom. The van der Waals surface area contributed by atoms with E-state index in [1.54, 1.807) is 24.7 Å². The van der Waals surface area contributed by atoms with Gasteiger partial charge in [-0.15, -0.1) is 0 Å². The van der Waals surface area contributed by atoms with E-state index in [4.69, 9.17) is 0 Å². The molecule has 7 nitrogen and oxygen atoms in total. The van der Waals surface area contributed by atoms with E-state index in [0.717, 1.165) is 24.2 Å². The number of hydrogen-bond donors (Lipinski definition) is 1. The highest BCUT2D eigenvalue weighted by atomic mass is 16.2. The highest BCUT2D eigenvalue weighted by Gasteiger charge is 2.28. The van der Waals surface area contributed by atoms with Crippen molar-refractivity contribution >= 4 is 11.6 Å². The van der Waals surface area contributed by atoms with Gasteiger partial charge in [-0.3, -0.25) is 14.3 Å². The molecule has 0 atom stereocenters. The highest BCUT2D eigenvalue weighted by molar-refractivity contribution is 6.03. The summed E-state index contributed by atoms with van der Waals surface area (Å²) in [7, 11) is 1.79. The fraction of sp³-hybridized carbons (Fsp3) is 0.300. The third kappa shape index (κ3) is 3.16. The molecule has 3 aromatic rings. The number of rotatable bonds is 4. The molecule has 1 aliphatic rings. The summed E-state index contributed by atoms with van der Waals surface area (Å²) in [6.07, 6.45) is 2.12. The quantitative estimate of drug-likeness (QED) is 0.773. The molecule has 0 saturated heterocycles. The van der Waals surface area contributed by atoms with Gasteiger partial charge >= 0.3 is 0 Å². The van der Waals surface area contributed by atoms with Crippen LogP contribution in [0, 0.1) is 13.8 Å².